The molecule has 3 rings (SSSR count). The SMILES string of the molecule is O=C1CCC2(CCCN(CCn3cc[nH]c3=O)C2)CN1CCO. The summed E-state index contributed by atoms with van der Waals surface area (Å²) >= 11 is 0. The molecule has 0 saturated carbocycles. The predicted octanol–water partition coefficient (Wildman–Crippen LogP) is -0.127. The maximum Gasteiger partial charge on any atom is 0.325 e. The number of H-pyrrole nitrogens is 1. The minimum absolute atomic E-state index is 0.0297. The summed E-state index contributed by atoms with van der Waals surface area (Å²) in [6.45, 7) is 4.80. The number of aromatic amines is 1. The molecule has 1 amide bonds. The van der Waals surface area contributed by atoms with E-state index in [9.17, 15) is 9.59 Å². The number of aromatic nitrogens is 2. The predicted molar refractivity (Wildman–Crippen MR) is 86.1 cm³/mol. The number of nitrogens with zero attached hydrogens (tertiary/aromatic N) is 3. The zero-order valence-electron chi connectivity index (χ0n) is 13.5. The van der Waals surface area contributed by atoms with Crippen molar-refractivity contribution in [1.29, 1.82) is 0 Å². The summed E-state index contributed by atoms with van der Waals surface area (Å²) in [5.41, 5.74) is 0.0962. The molecule has 2 aliphatic rings. The van der Waals surface area contributed by atoms with E-state index in [1.807, 2.05) is 4.90 Å². The number of likely N-dealkylation sites (tertiary alicyclic amines) is 2. The molecule has 128 valence electrons. The van der Waals surface area contributed by atoms with Gasteiger partial charge in [0.2, 0.25) is 5.91 Å². The average Bonchev–Trinajstić information content (AvgIpc) is 2.95. The van der Waals surface area contributed by atoms with Crippen LogP contribution in [0, 0.1) is 5.41 Å². The Bertz CT molecular complexity index is 596. The molecule has 0 aromatic carbocycles. The van der Waals surface area contributed by atoms with Crippen LogP contribution in [0.15, 0.2) is 17.2 Å². The van der Waals surface area contributed by atoms with Gasteiger partial charge in [0.15, 0.2) is 0 Å². The summed E-state index contributed by atoms with van der Waals surface area (Å²) in [4.78, 5) is 30.4. The monoisotopic (exact) mass is 322 g/mol. The van der Waals surface area contributed by atoms with Crippen LogP contribution in [0.4, 0.5) is 0 Å². The van der Waals surface area contributed by atoms with Gasteiger partial charge in [-0.15, -0.1) is 0 Å². The van der Waals surface area contributed by atoms with Gasteiger partial charge in [0.05, 0.1) is 6.61 Å². The second kappa shape index (κ2) is 6.88. The molecule has 23 heavy (non-hydrogen) atoms. The van der Waals surface area contributed by atoms with Crippen molar-refractivity contribution in [3.05, 3.63) is 22.9 Å². The van der Waals surface area contributed by atoms with Crippen molar-refractivity contribution in [1.82, 2.24) is 19.4 Å². The van der Waals surface area contributed by atoms with Crippen LogP contribution in [0.3, 0.4) is 0 Å². The van der Waals surface area contributed by atoms with Gasteiger partial charge in [-0.25, -0.2) is 4.79 Å². The van der Waals surface area contributed by atoms with Crippen LogP contribution < -0.4 is 5.69 Å². The van der Waals surface area contributed by atoms with Gasteiger partial charge in [-0.2, -0.15) is 0 Å². The van der Waals surface area contributed by atoms with E-state index >= 15 is 0 Å². The first kappa shape index (κ1) is 16.3. The maximum atomic E-state index is 12.0. The number of aliphatic hydroxyl groups is 1. The number of amides is 1. The molecule has 7 nitrogen and oxygen atoms in total. The Hall–Kier alpha value is -1.60. The smallest absolute Gasteiger partial charge is 0.325 e. The fraction of sp³-hybridized carbons (Fsp3) is 0.750. The summed E-state index contributed by atoms with van der Waals surface area (Å²) in [6.07, 6.45) is 7.25. The first-order valence-corrected chi connectivity index (χ1v) is 8.47. The minimum atomic E-state index is -0.0610. The first-order valence-electron chi connectivity index (χ1n) is 8.47. The Morgan fingerprint density at radius 3 is 2.78 bits per heavy atom. The molecule has 2 fully saturated rings. The highest BCUT2D eigenvalue weighted by molar-refractivity contribution is 5.77. The highest BCUT2D eigenvalue weighted by atomic mass is 16.3. The molecule has 1 aromatic heterocycles. The fourth-order valence-electron chi connectivity index (χ4n) is 4.04. The topological polar surface area (TPSA) is 81.6 Å². The third kappa shape index (κ3) is 3.67. The lowest BCUT2D eigenvalue weighted by molar-refractivity contribution is -0.140. The van der Waals surface area contributed by atoms with Crippen molar-refractivity contribution in [2.24, 2.45) is 5.41 Å². The molecule has 2 aliphatic heterocycles. The molecular weight excluding hydrogens is 296 g/mol. The van der Waals surface area contributed by atoms with Crippen molar-refractivity contribution in [2.45, 2.75) is 32.2 Å². The number of carbonyl (C=O) groups is 1. The van der Waals surface area contributed by atoms with Gasteiger partial charge in [-0.1, -0.05) is 0 Å². The van der Waals surface area contributed by atoms with Crippen LogP contribution in [-0.4, -0.2) is 69.7 Å². The highest BCUT2D eigenvalue weighted by Crippen LogP contribution is 2.38. The Labute approximate surface area is 135 Å². The van der Waals surface area contributed by atoms with Gasteiger partial charge in [0, 0.05) is 57.0 Å². The molecule has 0 radical (unpaired) electrons. The minimum Gasteiger partial charge on any atom is -0.395 e. The number of piperidine rings is 2. The van der Waals surface area contributed by atoms with E-state index in [0.29, 0.717) is 19.5 Å². The van der Waals surface area contributed by atoms with Gasteiger partial charge in [-0.3, -0.25) is 9.36 Å². The lowest BCUT2D eigenvalue weighted by atomic mass is 9.73. The second-order valence-electron chi connectivity index (χ2n) is 6.88. The number of β-amino-alcohol motifs (C(OH)–C–C–N with tert-alkyl or cyclic N) is 1. The number of hydrogen-bond acceptors (Lipinski definition) is 4. The van der Waals surface area contributed by atoms with E-state index in [4.69, 9.17) is 5.11 Å². The van der Waals surface area contributed by atoms with Crippen LogP contribution in [0.1, 0.15) is 25.7 Å². The molecule has 3 heterocycles. The molecular formula is C16H26N4O3. The molecule has 7 heteroatoms. The summed E-state index contributed by atoms with van der Waals surface area (Å²) in [5.74, 6) is 0.167. The van der Waals surface area contributed by atoms with E-state index in [-0.39, 0.29) is 23.6 Å². The van der Waals surface area contributed by atoms with E-state index < -0.39 is 0 Å². The number of nitrogens with one attached hydrogen (secondary N) is 1. The van der Waals surface area contributed by atoms with Crippen molar-refractivity contribution >= 4 is 5.91 Å². The normalized spacial score (nSPS) is 26.1. The van der Waals surface area contributed by atoms with Gasteiger partial charge in [-0.05, 0) is 25.8 Å². The van der Waals surface area contributed by atoms with Crippen LogP contribution in [0.5, 0.6) is 0 Å². The van der Waals surface area contributed by atoms with Gasteiger partial charge in [0.1, 0.15) is 0 Å². The Morgan fingerprint density at radius 2 is 2.04 bits per heavy atom. The fourth-order valence-corrected chi connectivity index (χ4v) is 4.04. The second-order valence-corrected chi connectivity index (χ2v) is 6.88. The molecule has 2 N–H and O–H groups in total. The largest absolute Gasteiger partial charge is 0.395 e. The molecule has 1 spiro atoms. The molecule has 1 unspecified atom stereocenters. The first-order chi connectivity index (χ1) is 11.1. The lowest BCUT2D eigenvalue weighted by Crippen LogP contribution is -2.54. The number of aliphatic hydroxyl groups excluding tert-OH is 1. The van der Waals surface area contributed by atoms with Crippen LogP contribution >= 0.6 is 0 Å². The Morgan fingerprint density at radius 1 is 1.17 bits per heavy atom. The number of imidazole rings is 1. The van der Waals surface area contributed by atoms with Gasteiger partial charge in [0.25, 0.3) is 0 Å². The zero-order chi connectivity index (χ0) is 16.3. The van der Waals surface area contributed by atoms with Gasteiger partial charge < -0.3 is 19.9 Å². The van der Waals surface area contributed by atoms with E-state index in [1.165, 1.54) is 0 Å². The quantitative estimate of drug-likeness (QED) is 0.791. The zero-order valence-corrected chi connectivity index (χ0v) is 13.5. The Kier molecular flexibility index (Phi) is 4.87. The Balaban J connectivity index is 1.60. The standard InChI is InChI=1S/C16H26N4O3/c21-11-10-20-13-16(4-2-14(20)22)3-1-6-18(12-16)8-9-19-7-5-17-15(19)23/h5,7,21H,1-4,6,8-13H2,(H,17,23). The molecule has 1 atom stereocenters. The number of carbonyl (C=O) groups excluding carboxylic acids is 1. The summed E-state index contributed by atoms with van der Waals surface area (Å²) in [6, 6.07) is 0. The summed E-state index contributed by atoms with van der Waals surface area (Å²) in [7, 11) is 0. The maximum absolute atomic E-state index is 12.0. The van der Waals surface area contributed by atoms with Crippen LogP contribution in [0.2, 0.25) is 0 Å². The third-order valence-corrected chi connectivity index (χ3v) is 5.24. The summed E-state index contributed by atoms with van der Waals surface area (Å²) < 4.78 is 1.70. The molecule has 1 aromatic rings. The molecule has 0 bridgehead atoms. The summed E-state index contributed by atoms with van der Waals surface area (Å²) in [5, 5.41) is 9.15. The average molecular weight is 322 g/mol. The lowest BCUT2D eigenvalue weighted by Gasteiger charge is -2.48. The van der Waals surface area contributed by atoms with Crippen LogP contribution in [-0.2, 0) is 11.3 Å². The van der Waals surface area contributed by atoms with Crippen molar-refractivity contribution in [3.8, 4) is 0 Å². The van der Waals surface area contributed by atoms with Crippen molar-refractivity contribution in [2.75, 3.05) is 39.3 Å². The van der Waals surface area contributed by atoms with E-state index in [1.54, 1.807) is 17.0 Å². The van der Waals surface area contributed by atoms with E-state index in [0.717, 1.165) is 45.4 Å². The van der Waals surface area contributed by atoms with E-state index in [2.05, 4.69) is 9.88 Å². The number of rotatable bonds is 5. The van der Waals surface area contributed by atoms with Crippen LogP contribution in [0.25, 0.3) is 0 Å². The molecule has 0 aliphatic carbocycles. The van der Waals surface area contributed by atoms with Gasteiger partial charge >= 0.3 is 5.69 Å². The van der Waals surface area contributed by atoms with Crippen molar-refractivity contribution in [3.63, 3.8) is 0 Å². The van der Waals surface area contributed by atoms with Crippen molar-refractivity contribution < 1.29 is 9.90 Å². The third-order valence-electron chi connectivity index (χ3n) is 5.24. The molecule has 2 saturated heterocycles. The number of hydrogen-bond donors (Lipinski definition) is 2. The highest BCUT2D eigenvalue weighted by Gasteiger charge is 2.41.